The van der Waals surface area contributed by atoms with Crippen LogP contribution in [0, 0.1) is 0 Å². The van der Waals surface area contributed by atoms with E-state index in [-0.39, 0.29) is 24.1 Å². The number of rotatable bonds is 4. The zero-order chi connectivity index (χ0) is 18.2. The highest BCUT2D eigenvalue weighted by Crippen LogP contribution is 2.31. The lowest BCUT2D eigenvalue weighted by atomic mass is 10.1. The van der Waals surface area contributed by atoms with Gasteiger partial charge in [-0.2, -0.15) is 13.2 Å². The van der Waals surface area contributed by atoms with Gasteiger partial charge in [-0.15, -0.1) is 0 Å². The lowest BCUT2D eigenvalue weighted by Gasteiger charge is -2.23. The number of nitrogens with zero attached hydrogens (tertiary/aromatic N) is 2. The molecule has 1 heterocycles. The van der Waals surface area contributed by atoms with Gasteiger partial charge in [0.1, 0.15) is 0 Å². The second-order valence-corrected chi connectivity index (χ2v) is 6.22. The predicted molar refractivity (Wildman–Crippen MR) is 86.0 cm³/mol. The predicted octanol–water partition coefficient (Wildman–Crippen LogP) is 3.21. The van der Waals surface area contributed by atoms with E-state index in [4.69, 9.17) is 0 Å². The summed E-state index contributed by atoms with van der Waals surface area (Å²) in [5.74, 6) is -0.278. The summed E-state index contributed by atoms with van der Waals surface area (Å²) in [5, 5.41) is 0. The molecular formula is C18H17F3N2O2. The highest BCUT2D eigenvalue weighted by molar-refractivity contribution is 5.94. The lowest BCUT2D eigenvalue weighted by Crippen LogP contribution is -2.33. The maximum atomic E-state index is 12.7. The van der Waals surface area contributed by atoms with Crippen LogP contribution in [0.25, 0.3) is 0 Å². The van der Waals surface area contributed by atoms with E-state index in [1.54, 1.807) is 18.0 Å². The third kappa shape index (κ3) is 3.92. The van der Waals surface area contributed by atoms with Crippen molar-refractivity contribution in [3.63, 3.8) is 0 Å². The van der Waals surface area contributed by atoms with Gasteiger partial charge in [-0.3, -0.25) is 9.59 Å². The zero-order valence-corrected chi connectivity index (χ0v) is 13.6. The molecule has 1 saturated carbocycles. The van der Waals surface area contributed by atoms with E-state index < -0.39 is 11.7 Å². The van der Waals surface area contributed by atoms with Crippen LogP contribution in [0.5, 0.6) is 0 Å². The molecule has 0 bridgehead atoms. The van der Waals surface area contributed by atoms with Crippen molar-refractivity contribution in [1.82, 2.24) is 9.47 Å². The number of alkyl halides is 3. The second-order valence-electron chi connectivity index (χ2n) is 6.22. The Morgan fingerprint density at radius 2 is 1.84 bits per heavy atom. The maximum Gasteiger partial charge on any atom is 0.416 e. The molecule has 0 aliphatic heterocycles. The van der Waals surface area contributed by atoms with Gasteiger partial charge in [0, 0.05) is 37.5 Å². The summed E-state index contributed by atoms with van der Waals surface area (Å²) in [4.78, 5) is 26.1. The molecule has 0 spiro atoms. The van der Waals surface area contributed by atoms with Gasteiger partial charge in [-0.05, 0) is 36.6 Å². The number of carbonyl (C=O) groups is 1. The average molecular weight is 350 g/mol. The van der Waals surface area contributed by atoms with Crippen LogP contribution in [0.2, 0.25) is 0 Å². The topological polar surface area (TPSA) is 42.3 Å². The quantitative estimate of drug-likeness (QED) is 0.850. The molecule has 0 unspecified atom stereocenters. The number of amides is 1. The number of carbonyl (C=O) groups excluding carboxylic acids is 1. The summed E-state index contributed by atoms with van der Waals surface area (Å²) in [6.45, 7) is 0.219. The molecule has 0 N–H and O–H groups in total. The van der Waals surface area contributed by atoms with Crippen LogP contribution in [-0.4, -0.2) is 21.4 Å². The molecular weight excluding hydrogens is 333 g/mol. The summed E-state index contributed by atoms with van der Waals surface area (Å²) in [6, 6.07) is 7.73. The first-order valence-electron chi connectivity index (χ1n) is 7.89. The molecule has 1 fully saturated rings. The highest BCUT2D eigenvalue weighted by Gasteiger charge is 2.34. The number of aromatic nitrogens is 1. The normalized spacial score (nSPS) is 14.4. The van der Waals surface area contributed by atoms with Gasteiger partial charge < -0.3 is 9.47 Å². The van der Waals surface area contributed by atoms with E-state index in [0.717, 1.165) is 25.0 Å². The van der Waals surface area contributed by atoms with Crippen molar-refractivity contribution in [2.45, 2.75) is 31.6 Å². The first-order chi connectivity index (χ1) is 11.8. The van der Waals surface area contributed by atoms with Crippen LogP contribution in [0.15, 0.2) is 47.4 Å². The number of hydrogen-bond acceptors (Lipinski definition) is 2. The summed E-state index contributed by atoms with van der Waals surface area (Å²) in [5.41, 5.74) is -0.0813. The van der Waals surface area contributed by atoms with E-state index in [9.17, 15) is 22.8 Å². The molecule has 0 atom stereocenters. The highest BCUT2D eigenvalue weighted by atomic mass is 19.4. The van der Waals surface area contributed by atoms with Crippen LogP contribution in [0.3, 0.4) is 0 Å². The van der Waals surface area contributed by atoms with Gasteiger partial charge in [0.05, 0.1) is 5.56 Å². The van der Waals surface area contributed by atoms with Crippen LogP contribution in [-0.2, 0) is 19.8 Å². The number of benzene rings is 1. The molecule has 0 radical (unpaired) electrons. The van der Waals surface area contributed by atoms with Crippen molar-refractivity contribution in [2.24, 2.45) is 7.05 Å². The Morgan fingerprint density at radius 1 is 1.20 bits per heavy atom. The van der Waals surface area contributed by atoms with Gasteiger partial charge >= 0.3 is 6.18 Å². The van der Waals surface area contributed by atoms with Crippen LogP contribution in [0.1, 0.15) is 34.3 Å². The molecule has 2 aromatic rings. The lowest BCUT2D eigenvalue weighted by molar-refractivity contribution is -0.137. The molecule has 7 heteroatoms. The maximum absolute atomic E-state index is 12.7. The average Bonchev–Trinajstić information content (AvgIpc) is 3.39. The zero-order valence-electron chi connectivity index (χ0n) is 13.6. The molecule has 1 amide bonds. The van der Waals surface area contributed by atoms with Crippen molar-refractivity contribution in [3.05, 3.63) is 69.6 Å². The molecule has 4 nitrogen and oxygen atoms in total. The van der Waals surface area contributed by atoms with Crippen molar-refractivity contribution in [2.75, 3.05) is 0 Å². The molecule has 3 rings (SSSR count). The smallest absolute Gasteiger partial charge is 0.331 e. The van der Waals surface area contributed by atoms with Crippen LogP contribution >= 0.6 is 0 Å². The Balaban J connectivity index is 1.81. The van der Waals surface area contributed by atoms with Crippen LogP contribution < -0.4 is 5.56 Å². The van der Waals surface area contributed by atoms with Crippen molar-refractivity contribution < 1.29 is 18.0 Å². The van der Waals surface area contributed by atoms with Crippen molar-refractivity contribution in [1.29, 1.82) is 0 Å². The molecule has 25 heavy (non-hydrogen) atoms. The Bertz CT molecular complexity index is 837. The van der Waals surface area contributed by atoms with Crippen molar-refractivity contribution in [3.8, 4) is 0 Å². The Labute approximate surface area is 142 Å². The summed E-state index contributed by atoms with van der Waals surface area (Å²) < 4.78 is 39.3. The fraction of sp³-hybridized carbons (Fsp3) is 0.333. The third-order valence-corrected chi connectivity index (χ3v) is 4.23. The SMILES string of the molecule is Cn1ccc(C(=O)N(Cc2ccc(C(F)(F)F)cc2)C2CC2)cc1=O. The first-order valence-corrected chi connectivity index (χ1v) is 7.89. The summed E-state index contributed by atoms with van der Waals surface area (Å²) >= 11 is 0. The minimum absolute atomic E-state index is 0.0684. The molecule has 132 valence electrons. The Hall–Kier alpha value is -2.57. The second kappa shape index (κ2) is 6.38. The van der Waals surface area contributed by atoms with Gasteiger partial charge in [0.2, 0.25) is 0 Å². The van der Waals surface area contributed by atoms with Gasteiger partial charge in [0.25, 0.3) is 11.5 Å². The van der Waals surface area contributed by atoms with Gasteiger partial charge in [0.15, 0.2) is 0 Å². The van der Waals surface area contributed by atoms with Gasteiger partial charge in [-0.1, -0.05) is 12.1 Å². The van der Waals surface area contributed by atoms with Gasteiger partial charge in [-0.25, -0.2) is 0 Å². The van der Waals surface area contributed by atoms with E-state index in [2.05, 4.69) is 0 Å². The van der Waals surface area contributed by atoms with Crippen molar-refractivity contribution >= 4 is 5.91 Å². The third-order valence-electron chi connectivity index (χ3n) is 4.23. The number of hydrogen-bond donors (Lipinski definition) is 0. The van der Waals surface area contributed by atoms with E-state index in [0.29, 0.717) is 11.1 Å². The molecule has 1 aromatic carbocycles. The largest absolute Gasteiger partial charge is 0.416 e. The number of pyridine rings is 1. The fourth-order valence-corrected chi connectivity index (χ4v) is 2.60. The number of halogens is 3. The van der Waals surface area contributed by atoms with E-state index in [1.807, 2.05) is 0 Å². The molecule has 1 aliphatic rings. The first kappa shape index (κ1) is 17.3. The summed E-state index contributed by atoms with van der Waals surface area (Å²) in [7, 11) is 1.59. The molecule has 1 aliphatic carbocycles. The molecule has 1 aromatic heterocycles. The van der Waals surface area contributed by atoms with E-state index in [1.165, 1.54) is 29.0 Å². The number of aryl methyl sites for hydroxylation is 1. The van der Waals surface area contributed by atoms with Crippen LogP contribution in [0.4, 0.5) is 13.2 Å². The monoisotopic (exact) mass is 350 g/mol. The standard InChI is InChI=1S/C18H17F3N2O2/c1-22-9-8-13(10-16(22)24)17(25)23(15-6-7-15)11-12-2-4-14(5-3-12)18(19,20)21/h2-5,8-10,15H,6-7,11H2,1H3. The minimum Gasteiger partial charge on any atom is -0.331 e. The molecule has 0 saturated heterocycles. The fourth-order valence-electron chi connectivity index (χ4n) is 2.60. The summed E-state index contributed by atoms with van der Waals surface area (Å²) in [6.07, 6.45) is -1.14. The minimum atomic E-state index is -4.38. The Kier molecular flexibility index (Phi) is 4.41. The van der Waals surface area contributed by atoms with E-state index >= 15 is 0 Å². The Morgan fingerprint density at radius 3 is 2.36 bits per heavy atom.